The standard InChI is InChI=1S/C32H60O4/c1-28(2)23-19-15-11-7-5-9-13-17-21-25-30(27-31(33)34)36-32(35)26-22-18-14-10-6-8-12-16-20-24-29(3)4/h14,18,28-30H,5-13,15-17,19-27H2,1-4H3,(H,33,34)/b18-14-. The summed E-state index contributed by atoms with van der Waals surface area (Å²) in [4.78, 5) is 23.4. The van der Waals surface area contributed by atoms with Gasteiger partial charge in [-0.2, -0.15) is 0 Å². The Morgan fingerprint density at radius 2 is 1.03 bits per heavy atom. The fourth-order valence-corrected chi connectivity index (χ4v) is 4.59. The number of carboxylic acids is 1. The molecule has 36 heavy (non-hydrogen) atoms. The highest BCUT2D eigenvalue weighted by molar-refractivity contribution is 5.71. The van der Waals surface area contributed by atoms with Crippen LogP contribution in [-0.4, -0.2) is 23.1 Å². The van der Waals surface area contributed by atoms with E-state index >= 15 is 0 Å². The van der Waals surface area contributed by atoms with Gasteiger partial charge >= 0.3 is 11.9 Å². The number of hydrogen-bond donors (Lipinski definition) is 1. The second-order valence-corrected chi connectivity index (χ2v) is 11.6. The number of aliphatic carboxylic acids is 1. The quantitative estimate of drug-likeness (QED) is 0.0717. The SMILES string of the molecule is CC(C)CCCCCCC/C=C\CCC(=O)OC(CCCCCCCCCCCC(C)C)CC(=O)O. The lowest BCUT2D eigenvalue weighted by molar-refractivity contribution is -0.153. The second kappa shape index (κ2) is 25.3. The van der Waals surface area contributed by atoms with Gasteiger partial charge in [-0.15, -0.1) is 0 Å². The Bertz CT molecular complexity index is 538. The molecule has 0 heterocycles. The maximum Gasteiger partial charge on any atom is 0.307 e. The lowest BCUT2D eigenvalue weighted by Gasteiger charge is -2.16. The number of carbonyl (C=O) groups excluding carboxylic acids is 1. The average molecular weight is 509 g/mol. The minimum atomic E-state index is -0.894. The molecule has 0 aromatic rings. The van der Waals surface area contributed by atoms with E-state index in [1.807, 2.05) is 0 Å². The van der Waals surface area contributed by atoms with Crippen LogP contribution in [0, 0.1) is 11.8 Å². The maximum absolute atomic E-state index is 12.2. The molecule has 1 unspecified atom stereocenters. The zero-order valence-electron chi connectivity index (χ0n) is 24.4. The van der Waals surface area contributed by atoms with E-state index in [0.717, 1.165) is 31.1 Å². The number of carbonyl (C=O) groups is 2. The molecule has 0 amide bonds. The summed E-state index contributed by atoms with van der Waals surface area (Å²) < 4.78 is 5.51. The van der Waals surface area contributed by atoms with Crippen LogP contribution in [0.2, 0.25) is 0 Å². The second-order valence-electron chi connectivity index (χ2n) is 11.6. The minimum Gasteiger partial charge on any atom is -0.481 e. The Balaban J connectivity index is 3.79. The zero-order valence-corrected chi connectivity index (χ0v) is 24.4. The molecular weight excluding hydrogens is 448 g/mol. The Hall–Kier alpha value is -1.32. The van der Waals surface area contributed by atoms with Crippen molar-refractivity contribution in [1.82, 2.24) is 0 Å². The predicted molar refractivity (Wildman–Crippen MR) is 153 cm³/mol. The van der Waals surface area contributed by atoms with E-state index in [1.54, 1.807) is 0 Å². The summed E-state index contributed by atoms with van der Waals surface area (Å²) >= 11 is 0. The van der Waals surface area contributed by atoms with E-state index in [4.69, 9.17) is 4.74 Å². The summed E-state index contributed by atoms with van der Waals surface area (Å²) in [6.45, 7) is 9.15. The van der Waals surface area contributed by atoms with Crippen molar-refractivity contribution in [2.24, 2.45) is 11.8 Å². The molecule has 0 aliphatic heterocycles. The molecule has 4 nitrogen and oxygen atoms in total. The molecule has 0 aromatic carbocycles. The molecule has 0 saturated carbocycles. The third-order valence-corrected chi connectivity index (χ3v) is 6.84. The van der Waals surface area contributed by atoms with Gasteiger partial charge in [-0.3, -0.25) is 9.59 Å². The van der Waals surface area contributed by atoms with Gasteiger partial charge in [0.1, 0.15) is 6.10 Å². The normalized spacial score (nSPS) is 12.6. The van der Waals surface area contributed by atoms with Gasteiger partial charge in [-0.05, 0) is 43.9 Å². The molecule has 0 fully saturated rings. The van der Waals surface area contributed by atoms with Crippen LogP contribution in [0.3, 0.4) is 0 Å². The van der Waals surface area contributed by atoms with Crippen molar-refractivity contribution < 1.29 is 19.4 Å². The number of ether oxygens (including phenoxy) is 1. The molecule has 0 aliphatic rings. The molecule has 1 N–H and O–H groups in total. The fraction of sp³-hybridized carbons (Fsp3) is 0.875. The summed E-state index contributed by atoms with van der Waals surface area (Å²) in [5.41, 5.74) is 0. The number of unbranched alkanes of at least 4 members (excludes halogenated alkanes) is 13. The maximum atomic E-state index is 12.2. The molecule has 0 aromatic heterocycles. The molecule has 1 atom stereocenters. The Morgan fingerprint density at radius 1 is 0.611 bits per heavy atom. The highest BCUT2D eigenvalue weighted by Gasteiger charge is 2.17. The van der Waals surface area contributed by atoms with Gasteiger partial charge in [0.2, 0.25) is 0 Å². The van der Waals surface area contributed by atoms with Gasteiger partial charge in [0.15, 0.2) is 0 Å². The van der Waals surface area contributed by atoms with Crippen molar-refractivity contribution in [3.05, 3.63) is 12.2 Å². The molecule has 0 saturated heterocycles. The molecule has 212 valence electrons. The van der Waals surface area contributed by atoms with Crippen LogP contribution in [0.1, 0.15) is 163 Å². The van der Waals surface area contributed by atoms with Crippen LogP contribution in [0.4, 0.5) is 0 Å². The fourth-order valence-electron chi connectivity index (χ4n) is 4.59. The van der Waals surface area contributed by atoms with E-state index in [9.17, 15) is 14.7 Å². The van der Waals surface area contributed by atoms with Crippen molar-refractivity contribution in [2.75, 3.05) is 0 Å². The summed E-state index contributed by atoms with van der Waals surface area (Å²) in [6.07, 6.45) is 26.7. The van der Waals surface area contributed by atoms with E-state index in [1.165, 1.54) is 89.9 Å². The first kappa shape index (κ1) is 34.7. The van der Waals surface area contributed by atoms with Crippen molar-refractivity contribution in [3.63, 3.8) is 0 Å². The summed E-state index contributed by atoms with van der Waals surface area (Å²) in [5, 5.41) is 9.17. The molecule has 0 aliphatic carbocycles. The molecule has 0 radical (unpaired) electrons. The largest absolute Gasteiger partial charge is 0.481 e. The zero-order chi connectivity index (χ0) is 26.9. The first-order valence-electron chi connectivity index (χ1n) is 15.4. The van der Waals surface area contributed by atoms with E-state index in [2.05, 4.69) is 39.8 Å². The van der Waals surface area contributed by atoms with E-state index in [0.29, 0.717) is 19.3 Å². The Kier molecular flexibility index (Phi) is 24.4. The van der Waals surface area contributed by atoms with Crippen molar-refractivity contribution in [1.29, 1.82) is 0 Å². The number of carboxylic acid groups (broad SMARTS) is 1. The van der Waals surface area contributed by atoms with Crippen LogP contribution in [0.15, 0.2) is 12.2 Å². The first-order valence-corrected chi connectivity index (χ1v) is 15.4. The van der Waals surface area contributed by atoms with Crippen molar-refractivity contribution in [3.8, 4) is 0 Å². The van der Waals surface area contributed by atoms with Gasteiger partial charge in [-0.1, -0.05) is 130 Å². The highest BCUT2D eigenvalue weighted by atomic mass is 16.5. The summed E-state index contributed by atoms with van der Waals surface area (Å²) in [5.74, 6) is 0.468. The first-order chi connectivity index (χ1) is 17.3. The van der Waals surface area contributed by atoms with Crippen molar-refractivity contribution >= 4 is 11.9 Å². The molecule has 0 bridgehead atoms. The van der Waals surface area contributed by atoms with Gasteiger partial charge in [0, 0.05) is 6.42 Å². The summed E-state index contributed by atoms with van der Waals surface area (Å²) in [6, 6.07) is 0. The van der Waals surface area contributed by atoms with Crippen molar-refractivity contribution in [2.45, 2.75) is 169 Å². The van der Waals surface area contributed by atoms with E-state index < -0.39 is 12.1 Å². The lowest BCUT2D eigenvalue weighted by atomic mass is 10.0. The monoisotopic (exact) mass is 508 g/mol. The number of allylic oxidation sites excluding steroid dienone is 2. The third-order valence-electron chi connectivity index (χ3n) is 6.84. The van der Waals surface area contributed by atoms with Gasteiger partial charge < -0.3 is 9.84 Å². The average Bonchev–Trinajstić information content (AvgIpc) is 2.80. The summed E-state index contributed by atoms with van der Waals surface area (Å²) in [7, 11) is 0. The molecule has 0 spiro atoms. The van der Waals surface area contributed by atoms with Crippen LogP contribution in [-0.2, 0) is 14.3 Å². The van der Waals surface area contributed by atoms with Gasteiger partial charge in [0.05, 0.1) is 6.42 Å². The van der Waals surface area contributed by atoms with Crippen LogP contribution in [0.25, 0.3) is 0 Å². The van der Waals surface area contributed by atoms with Crippen LogP contribution >= 0.6 is 0 Å². The van der Waals surface area contributed by atoms with Gasteiger partial charge in [0.25, 0.3) is 0 Å². The topological polar surface area (TPSA) is 63.6 Å². The number of esters is 1. The molecule has 0 rings (SSSR count). The Morgan fingerprint density at radius 3 is 1.50 bits per heavy atom. The molecule has 4 heteroatoms. The van der Waals surface area contributed by atoms with Gasteiger partial charge in [-0.25, -0.2) is 0 Å². The third kappa shape index (κ3) is 27.3. The predicted octanol–water partition coefficient (Wildman–Crippen LogP) is 10.0. The van der Waals surface area contributed by atoms with E-state index in [-0.39, 0.29) is 12.4 Å². The van der Waals surface area contributed by atoms with Crippen LogP contribution < -0.4 is 0 Å². The molecular formula is C32H60O4. The Labute approximate surface area is 224 Å². The number of rotatable bonds is 26. The smallest absolute Gasteiger partial charge is 0.307 e. The number of hydrogen-bond acceptors (Lipinski definition) is 3. The minimum absolute atomic E-state index is 0.0882. The highest BCUT2D eigenvalue weighted by Crippen LogP contribution is 2.16. The van der Waals surface area contributed by atoms with Crippen LogP contribution in [0.5, 0.6) is 0 Å². The lowest BCUT2D eigenvalue weighted by Crippen LogP contribution is -2.21.